The molecule has 2 heterocycles. The van der Waals surface area contributed by atoms with Crippen molar-refractivity contribution >= 4 is 44.2 Å². The first-order valence-electron chi connectivity index (χ1n) is 6.99. The van der Waals surface area contributed by atoms with E-state index < -0.39 is 16.4 Å². The van der Waals surface area contributed by atoms with Crippen LogP contribution in [0, 0.1) is 10.1 Å². The highest BCUT2D eigenvalue weighted by molar-refractivity contribution is 9.10. The predicted octanol–water partition coefficient (Wildman–Crippen LogP) is 1.44. The lowest BCUT2D eigenvalue weighted by Gasteiger charge is -2.07. The first kappa shape index (κ1) is 16.8. The van der Waals surface area contributed by atoms with Gasteiger partial charge in [-0.05, 0) is 28.1 Å². The summed E-state index contributed by atoms with van der Waals surface area (Å²) in [5.41, 5.74) is 0.318. The normalized spacial score (nSPS) is 10.8. The van der Waals surface area contributed by atoms with Crippen molar-refractivity contribution in [3.05, 3.63) is 55.7 Å². The number of rotatable bonds is 4. The van der Waals surface area contributed by atoms with Crippen LogP contribution in [0.3, 0.4) is 0 Å². The molecule has 1 N–H and O–H groups in total. The number of fused-ring (bicyclic) bond motifs is 1. The van der Waals surface area contributed by atoms with E-state index in [9.17, 15) is 19.7 Å². The number of nitrogens with one attached hydrogen (secondary N) is 1. The van der Waals surface area contributed by atoms with E-state index in [-0.39, 0.29) is 17.6 Å². The second-order valence-corrected chi connectivity index (χ2v) is 5.89. The summed E-state index contributed by atoms with van der Waals surface area (Å²) in [6.07, 6.45) is 1.27. The van der Waals surface area contributed by atoms with E-state index >= 15 is 0 Å². The zero-order valence-corrected chi connectivity index (χ0v) is 14.4. The molecule has 128 valence electrons. The van der Waals surface area contributed by atoms with Crippen molar-refractivity contribution in [2.75, 3.05) is 5.32 Å². The fourth-order valence-corrected chi connectivity index (χ4v) is 2.85. The van der Waals surface area contributed by atoms with E-state index in [2.05, 4.69) is 31.3 Å². The minimum absolute atomic E-state index is 0.0784. The largest absolute Gasteiger partial charge is 0.325 e. The van der Waals surface area contributed by atoms with E-state index in [1.807, 2.05) is 0 Å². The highest BCUT2D eigenvalue weighted by Crippen LogP contribution is 2.17. The molecule has 0 aliphatic carbocycles. The third kappa shape index (κ3) is 3.26. The van der Waals surface area contributed by atoms with Crippen molar-refractivity contribution in [2.45, 2.75) is 6.54 Å². The molecule has 0 unspecified atom stereocenters. The number of non-ortho nitro benzene ring substituents is 1. The summed E-state index contributed by atoms with van der Waals surface area (Å²) in [6, 6.07) is 5.39. The zero-order chi connectivity index (χ0) is 18.1. The standard InChI is InChI=1S/C14H11BrN6O4/c1-19-13-11(12(15)18-19)14(23)20(7-16-13)6-10(22)17-8-2-4-9(5-3-8)21(24)25/h2-5,7H,6H2,1H3,(H,17,22). The molecular formula is C14H11BrN6O4. The number of amides is 1. The van der Waals surface area contributed by atoms with Gasteiger partial charge >= 0.3 is 0 Å². The van der Waals surface area contributed by atoms with Crippen molar-refractivity contribution < 1.29 is 9.72 Å². The number of carbonyl (C=O) groups excluding carboxylic acids is 1. The molecule has 3 rings (SSSR count). The van der Waals surface area contributed by atoms with Crippen molar-refractivity contribution in [2.24, 2.45) is 7.05 Å². The highest BCUT2D eigenvalue weighted by atomic mass is 79.9. The van der Waals surface area contributed by atoms with Crippen molar-refractivity contribution in [1.29, 1.82) is 0 Å². The van der Waals surface area contributed by atoms with Crippen molar-refractivity contribution in [3.63, 3.8) is 0 Å². The Labute approximate surface area is 148 Å². The van der Waals surface area contributed by atoms with Crippen LogP contribution in [0.25, 0.3) is 11.0 Å². The number of halogens is 1. The molecule has 0 saturated carbocycles. The maximum absolute atomic E-state index is 12.5. The molecule has 0 spiro atoms. The topological polar surface area (TPSA) is 125 Å². The molecule has 1 aromatic carbocycles. The maximum atomic E-state index is 12.5. The number of anilines is 1. The molecular weight excluding hydrogens is 396 g/mol. The van der Waals surface area contributed by atoms with E-state index in [0.29, 0.717) is 15.9 Å². The molecule has 0 aliphatic rings. The highest BCUT2D eigenvalue weighted by Gasteiger charge is 2.15. The van der Waals surface area contributed by atoms with Gasteiger partial charge in [-0.1, -0.05) is 0 Å². The lowest BCUT2D eigenvalue weighted by molar-refractivity contribution is -0.384. The minimum atomic E-state index is -0.530. The van der Waals surface area contributed by atoms with E-state index in [1.54, 1.807) is 7.05 Å². The summed E-state index contributed by atoms with van der Waals surface area (Å²) in [6.45, 7) is -0.250. The monoisotopic (exact) mass is 406 g/mol. The first-order chi connectivity index (χ1) is 11.9. The minimum Gasteiger partial charge on any atom is -0.325 e. The van der Waals surface area contributed by atoms with Crippen LogP contribution in [0.5, 0.6) is 0 Å². The Morgan fingerprint density at radius 3 is 2.68 bits per heavy atom. The van der Waals surface area contributed by atoms with Crippen LogP contribution < -0.4 is 10.9 Å². The Hall–Kier alpha value is -3.08. The second-order valence-electron chi connectivity index (χ2n) is 5.14. The molecule has 11 heteroatoms. The fraction of sp³-hybridized carbons (Fsp3) is 0.143. The van der Waals surface area contributed by atoms with Crippen molar-refractivity contribution in [3.8, 4) is 0 Å². The number of nitro benzene ring substituents is 1. The van der Waals surface area contributed by atoms with E-state index in [1.165, 1.54) is 35.3 Å². The SMILES string of the molecule is Cn1nc(Br)c2c(=O)n(CC(=O)Nc3ccc([N+](=O)[O-])cc3)cnc21. The number of aryl methyl sites for hydroxylation is 1. The Bertz CT molecular complexity index is 1040. The Morgan fingerprint density at radius 2 is 2.04 bits per heavy atom. The number of nitrogens with zero attached hydrogens (tertiary/aromatic N) is 5. The third-order valence-electron chi connectivity index (χ3n) is 3.44. The van der Waals surface area contributed by atoms with Gasteiger partial charge in [-0.2, -0.15) is 5.10 Å². The summed E-state index contributed by atoms with van der Waals surface area (Å²) in [5.74, 6) is -0.461. The van der Waals surface area contributed by atoms with Gasteiger partial charge < -0.3 is 5.32 Å². The number of hydrogen-bond donors (Lipinski definition) is 1. The molecule has 0 aliphatic heterocycles. The third-order valence-corrected chi connectivity index (χ3v) is 4.00. The van der Waals surface area contributed by atoms with Crippen LogP contribution in [-0.2, 0) is 18.4 Å². The lowest BCUT2D eigenvalue weighted by atomic mass is 10.3. The number of benzene rings is 1. The summed E-state index contributed by atoms with van der Waals surface area (Å²) < 4.78 is 2.98. The molecule has 2 aromatic heterocycles. The molecule has 0 atom stereocenters. The van der Waals surface area contributed by atoms with Gasteiger partial charge in [0.2, 0.25) is 5.91 Å². The second kappa shape index (κ2) is 6.43. The van der Waals surface area contributed by atoms with Gasteiger partial charge in [-0.25, -0.2) is 9.67 Å². The Kier molecular flexibility index (Phi) is 4.31. The average molecular weight is 407 g/mol. The zero-order valence-electron chi connectivity index (χ0n) is 12.8. The molecule has 25 heavy (non-hydrogen) atoms. The first-order valence-corrected chi connectivity index (χ1v) is 7.78. The van der Waals surface area contributed by atoms with E-state index in [0.717, 1.165) is 4.57 Å². The lowest BCUT2D eigenvalue weighted by Crippen LogP contribution is -2.28. The number of aromatic nitrogens is 4. The van der Waals surface area contributed by atoms with Crippen LogP contribution in [0.1, 0.15) is 0 Å². The van der Waals surface area contributed by atoms with Gasteiger partial charge in [-0.3, -0.25) is 24.3 Å². The van der Waals surface area contributed by atoms with Gasteiger partial charge in [0.05, 0.1) is 4.92 Å². The van der Waals surface area contributed by atoms with Crippen molar-refractivity contribution in [1.82, 2.24) is 19.3 Å². The number of carbonyl (C=O) groups is 1. The molecule has 0 saturated heterocycles. The Morgan fingerprint density at radius 1 is 1.36 bits per heavy atom. The molecule has 3 aromatic rings. The van der Waals surface area contributed by atoms with Gasteiger partial charge in [0.25, 0.3) is 11.2 Å². The molecule has 0 fully saturated rings. The van der Waals surface area contributed by atoms with Crippen LogP contribution in [-0.4, -0.2) is 30.2 Å². The number of nitro groups is 1. The molecule has 0 radical (unpaired) electrons. The van der Waals surface area contributed by atoms with Gasteiger partial charge in [0, 0.05) is 24.9 Å². The summed E-state index contributed by atoms with van der Waals surface area (Å²) in [5, 5.41) is 17.5. The maximum Gasteiger partial charge on any atom is 0.269 e. The Balaban J connectivity index is 1.80. The quantitative estimate of drug-likeness (QED) is 0.516. The summed E-state index contributed by atoms with van der Waals surface area (Å²) in [7, 11) is 1.66. The molecule has 0 bridgehead atoms. The van der Waals surface area contributed by atoms with Crippen LogP contribution in [0.4, 0.5) is 11.4 Å². The van der Waals surface area contributed by atoms with Gasteiger partial charge in [-0.15, -0.1) is 0 Å². The summed E-state index contributed by atoms with van der Waals surface area (Å²) in [4.78, 5) is 38.8. The average Bonchev–Trinajstić information content (AvgIpc) is 2.85. The smallest absolute Gasteiger partial charge is 0.269 e. The van der Waals surface area contributed by atoms with Crippen LogP contribution in [0.2, 0.25) is 0 Å². The summed E-state index contributed by atoms with van der Waals surface area (Å²) >= 11 is 3.20. The fourth-order valence-electron chi connectivity index (χ4n) is 2.27. The molecule has 1 amide bonds. The van der Waals surface area contributed by atoms with Crippen LogP contribution >= 0.6 is 15.9 Å². The van der Waals surface area contributed by atoms with Gasteiger partial charge in [0.15, 0.2) is 5.65 Å². The number of hydrogen-bond acceptors (Lipinski definition) is 6. The van der Waals surface area contributed by atoms with Gasteiger partial charge in [0.1, 0.15) is 22.9 Å². The predicted molar refractivity (Wildman–Crippen MR) is 92.2 cm³/mol. The van der Waals surface area contributed by atoms with Crippen LogP contribution in [0.15, 0.2) is 40.0 Å². The molecule has 10 nitrogen and oxygen atoms in total. The van der Waals surface area contributed by atoms with E-state index in [4.69, 9.17) is 0 Å².